The molecule has 8 nitrogen and oxygen atoms in total. The summed E-state index contributed by atoms with van der Waals surface area (Å²) in [5.41, 5.74) is -0.593. The number of benzene rings is 2. The predicted octanol–water partition coefficient (Wildman–Crippen LogP) is 5.03. The van der Waals surface area contributed by atoms with Gasteiger partial charge < -0.3 is 5.11 Å². The molecule has 0 amide bonds. The Labute approximate surface area is 206 Å². The highest BCUT2D eigenvalue weighted by Gasteiger charge is 2.32. The molecule has 4 aromatic rings. The van der Waals surface area contributed by atoms with Crippen LogP contribution < -0.4 is 4.31 Å². The normalized spacial score (nSPS) is 12.1. The van der Waals surface area contributed by atoms with Crippen LogP contribution in [-0.4, -0.2) is 40.8 Å². The summed E-state index contributed by atoms with van der Waals surface area (Å²) in [7, 11) is -4.40. The number of sulfonamides is 1. The van der Waals surface area contributed by atoms with Gasteiger partial charge in [0.05, 0.1) is 27.9 Å². The number of anilines is 1. The van der Waals surface area contributed by atoms with Gasteiger partial charge >= 0.3 is 12.1 Å². The lowest BCUT2D eigenvalue weighted by Crippen LogP contribution is -2.35. The van der Waals surface area contributed by atoms with E-state index in [1.54, 1.807) is 0 Å². The molecular formula is C21H13Cl2F3N4O4S. The summed E-state index contributed by atoms with van der Waals surface area (Å²) in [6, 6.07) is 10.1. The van der Waals surface area contributed by atoms with E-state index in [9.17, 15) is 31.5 Å². The third-order valence-corrected chi connectivity index (χ3v) is 7.07. The van der Waals surface area contributed by atoms with E-state index in [1.807, 2.05) is 0 Å². The van der Waals surface area contributed by atoms with E-state index in [-0.39, 0.29) is 26.4 Å². The second-order valence-electron chi connectivity index (χ2n) is 7.24. The average Bonchev–Trinajstić information content (AvgIpc) is 3.19. The number of nitrogens with zero attached hydrogens (tertiary/aromatic N) is 4. The van der Waals surface area contributed by atoms with Gasteiger partial charge in [-0.1, -0.05) is 23.2 Å². The highest BCUT2D eigenvalue weighted by atomic mass is 35.5. The van der Waals surface area contributed by atoms with Gasteiger partial charge in [0.15, 0.2) is 5.82 Å². The Balaban J connectivity index is 1.80. The zero-order chi connectivity index (χ0) is 25.5. The van der Waals surface area contributed by atoms with Crippen molar-refractivity contribution in [2.45, 2.75) is 11.1 Å². The van der Waals surface area contributed by atoms with Crippen molar-refractivity contribution in [3.05, 3.63) is 76.5 Å². The lowest BCUT2D eigenvalue weighted by Gasteiger charge is -2.23. The van der Waals surface area contributed by atoms with Crippen molar-refractivity contribution >= 4 is 55.8 Å². The van der Waals surface area contributed by atoms with Crippen LogP contribution in [0.1, 0.15) is 5.56 Å². The Morgan fingerprint density at radius 3 is 2.37 bits per heavy atom. The number of carboxylic acids is 1. The van der Waals surface area contributed by atoms with Crippen LogP contribution in [0.2, 0.25) is 10.0 Å². The van der Waals surface area contributed by atoms with Gasteiger partial charge in [0, 0.05) is 21.6 Å². The number of aliphatic carboxylic acids is 1. The van der Waals surface area contributed by atoms with Crippen molar-refractivity contribution in [3.8, 4) is 5.82 Å². The number of carboxylic acid groups (broad SMARTS) is 1. The smallest absolute Gasteiger partial charge is 0.418 e. The average molecular weight is 545 g/mol. The van der Waals surface area contributed by atoms with Crippen molar-refractivity contribution < 1.29 is 31.5 Å². The Bertz CT molecular complexity index is 1540. The molecule has 2 aromatic carbocycles. The summed E-state index contributed by atoms with van der Waals surface area (Å²) in [5.74, 6) is -1.52. The summed E-state index contributed by atoms with van der Waals surface area (Å²) in [5, 5.41) is 17.0. The Morgan fingerprint density at radius 1 is 1.06 bits per heavy atom. The van der Waals surface area contributed by atoms with Gasteiger partial charge in [0.2, 0.25) is 0 Å². The quantitative estimate of drug-likeness (QED) is 0.365. The molecule has 2 heterocycles. The van der Waals surface area contributed by atoms with Gasteiger partial charge in [0.1, 0.15) is 6.54 Å². The first-order chi connectivity index (χ1) is 16.4. The molecule has 0 aliphatic heterocycles. The number of aromatic nitrogens is 3. The maximum atomic E-state index is 13.3. The first-order valence-corrected chi connectivity index (χ1v) is 11.8. The van der Waals surface area contributed by atoms with E-state index in [0.29, 0.717) is 21.4 Å². The van der Waals surface area contributed by atoms with Gasteiger partial charge in [-0.15, -0.1) is 5.10 Å². The number of rotatable bonds is 6. The van der Waals surface area contributed by atoms with Gasteiger partial charge in [-0.25, -0.2) is 8.42 Å². The topological polar surface area (TPSA) is 105 Å². The van der Waals surface area contributed by atoms with Crippen LogP contribution in [0.15, 0.2) is 65.8 Å². The maximum absolute atomic E-state index is 13.3. The fourth-order valence-electron chi connectivity index (χ4n) is 3.36. The standard InChI is InChI=1S/C21H13Cl2F3N4O4S/c22-14-7-15(23)9-17(8-14)35(33,34)30(11-20(31)32)16-1-2-18-12(5-16)3-4-29(18)19-6-13(10-27-28-19)21(24,25)26/h1-10H,11H2,(H,31,32). The van der Waals surface area contributed by atoms with E-state index < -0.39 is 34.3 Å². The Morgan fingerprint density at radius 2 is 1.74 bits per heavy atom. The largest absolute Gasteiger partial charge is 0.480 e. The van der Waals surface area contributed by atoms with Gasteiger partial charge in [0.25, 0.3) is 10.0 Å². The molecule has 0 bridgehead atoms. The molecule has 2 aromatic heterocycles. The van der Waals surface area contributed by atoms with Crippen molar-refractivity contribution in [1.82, 2.24) is 14.8 Å². The lowest BCUT2D eigenvalue weighted by atomic mass is 10.2. The van der Waals surface area contributed by atoms with E-state index >= 15 is 0 Å². The fourth-order valence-corrected chi connectivity index (χ4v) is 5.49. The minimum Gasteiger partial charge on any atom is -0.480 e. The molecule has 0 spiro atoms. The molecule has 0 fully saturated rings. The van der Waals surface area contributed by atoms with E-state index in [2.05, 4.69) is 10.2 Å². The molecule has 14 heteroatoms. The number of alkyl halides is 3. The third kappa shape index (κ3) is 5.04. The van der Waals surface area contributed by atoms with Crippen LogP contribution in [-0.2, 0) is 21.0 Å². The molecule has 182 valence electrons. The highest BCUT2D eigenvalue weighted by molar-refractivity contribution is 7.92. The number of carbonyl (C=O) groups is 1. The first-order valence-electron chi connectivity index (χ1n) is 9.58. The summed E-state index contributed by atoms with van der Waals surface area (Å²) >= 11 is 11.8. The summed E-state index contributed by atoms with van der Waals surface area (Å²) in [6.07, 6.45) is -2.58. The molecule has 1 N–H and O–H groups in total. The highest BCUT2D eigenvalue weighted by Crippen LogP contribution is 2.32. The van der Waals surface area contributed by atoms with Crippen LogP contribution in [0.3, 0.4) is 0 Å². The molecule has 4 rings (SSSR count). The van der Waals surface area contributed by atoms with Crippen molar-refractivity contribution in [1.29, 1.82) is 0 Å². The monoisotopic (exact) mass is 544 g/mol. The molecule has 35 heavy (non-hydrogen) atoms. The van der Waals surface area contributed by atoms with Gasteiger partial charge in [-0.3, -0.25) is 13.7 Å². The summed E-state index contributed by atoms with van der Waals surface area (Å²) < 4.78 is 67.8. The SMILES string of the molecule is O=C(O)CN(c1ccc2c(ccn2-c2cc(C(F)(F)F)cnn2)c1)S(=O)(=O)c1cc(Cl)cc(Cl)c1. The molecular weight excluding hydrogens is 532 g/mol. The zero-order valence-electron chi connectivity index (χ0n) is 17.2. The summed E-state index contributed by atoms with van der Waals surface area (Å²) in [6.45, 7) is -0.905. The number of halogens is 5. The number of hydrogen-bond acceptors (Lipinski definition) is 5. The number of hydrogen-bond donors (Lipinski definition) is 1. The Hall–Kier alpha value is -3.35. The molecule has 0 saturated carbocycles. The molecule has 0 saturated heterocycles. The maximum Gasteiger partial charge on any atom is 0.418 e. The third-order valence-electron chi connectivity index (χ3n) is 4.88. The predicted molar refractivity (Wildman–Crippen MR) is 122 cm³/mol. The molecule has 0 aliphatic carbocycles. The van der Waals surface area contributed by atoms with E-state index in [4.69, 9.17) is 23.2 Å². The van der Waals surface area contributed by atoms with Crippen LogP contribution in [0.5, 0.6) is 0 Å². The van der Waals surface area contributed by atoms with Crippen molar-refractivity contribution in [2.24, 2.45) is 0 Å². The second-order valence-corrected chi connectivity index (χ2v) is 9.97. The van der Waals surface area contributed by atoms with Crippen LogP contribution in [0.25, 0.3) is 16.7 Å². The molecule has 0 aliphatic rings. The lowest BCUT2D eigenvalue weighted by molar-refractivity contribution is -0.138. The second kappa shape index (κ2) is 9.02. The summed E-state index contributed by atoms with van der Waals surface area (Å²) in [4.78, 5) is 11.2. The van der Waals surface area contributed by atoms with E-state index in [1.165, 1.54) is 41.1 Å². The van der Waals surface area contributed by atoms with Gasteiger partial charge in [-0.2, -0.15) is 18.3 Å². The zero-order valence-corrected chi connectivity index (χ0v) is 19.6. The van der Waals surface area contributed by atoms with Crippen molar-refractivity contribution in [3.63, 3.8) is 0 Å². The Kier molecular flexibility index (Phi) is 6.38. The van der Waals surface area contributed by atoms with Crippen LogP contribution in [0.4, 0.5) is 18.9 Å². The van der Waals surface area contributed by atoms with Gasteiger partial charge in [-0.05, 0) is 48.5 Å². The van der Waals surface area contributed by atoms with E-state index in [0.717, 1.165) is 18.2 Å². The molecule has 0 unspecified atom stereocenters. The molecule has 0 radical (unpaired) electrons. The number of fused-ring (bicyclic) bond motifs is 1. The van der Waals surface area contributed by atoms with Crippen LogP contribution >= 0.6 is 23.2 Å². The fraction of sp³-hybridized carbons (Fsp3) is 0.0952. The minimum absolute atomic E-state index is 0.00359. The first kappa shape index (κ1) is 24.8. The molecule has 0 atom stereocenters. The van der Waals surface area contributed by atoms with Crippen LogP contribution in [0, 0.1) is 0 Å². The van der Waals surface area contributed by atoms with Crippen molar-refractivity contribution in [2.75, 3.05) is 10.8 Å². The minimum atomic E-state index is -4.62.